The quantitative estimate of drug-likeness (QED) is 0.665. The second-order valence-electron chi connectivity index (χ2n) is 5.26. The average Bonchev–Trinajstić information content (AvgIpc) is 2.05. The first-order chi connectivity index (χ1) is 5.66. The van der Waals surface area contributed by atoms with E-state index in [2.05, 4.69) is 26.2 Å². The molecule has 1 heteroatoms. The maximum atomic E-state index is 3.33. The SMILES string of the molecule is CNCC1CCC2C[C@@H]1C2(C)C. The molecule has 1 N–H and O–H groups in total. The van der Waals surface area contributed by atoms with Gasteiger partial charge in [0, 0.05) is 0 Å². The number of fused-ring (bicyclic) bond motifs is 2. The maximum absolute atomic E-state index is 3.33. The molecule has 3 saturated carbocycles. The Balaban J connectivity index is 2.01. The molecule has 12 heavy (non-hydrogen) atoms. The molecule has 3 rings (SSSR count). The summed E-state index contributed by atoms with van der Waals surface area (Å²) in [6.07, 6.45) is 4.47. The van der Waals surface area contributed by atoms with Gasteiger partial charge in [0.25, 0.3) is 0 Å². The molecular formula is C11H21N. The van der Waals surface area contributed by atoms with Crippen LogP contribution in [0.1, 0.15) is 33.1 Å². The molecule has 0 aromatic carbocycles. The normalized spacial score (nSPS) is 43.8. The fraction of sp³-hybridized carbons (Fsp3) is 1.00. The molecule has 0 amide bonds. The molecule has 0 spiro atoms. The van der Waals surface area contributed by atoms with Gasteiger partial charge in [-0.05, 0) is 56.0 Å². The molecule has 2 bridgehead atoms. The van der Waals surface area contributed by atoms with E-state index >= 15 is 0 Å². The second-order valence-corrected chi connectivity index (χ2v) is 5.26. The fourth-order valence-corrected chi connectivity index (χ4v) is 3.47. The third-order valence-electron chi connectivity index (χ3n) is 4.47. The highest BCUT2D eigenvalue weighted by molar-refractivity contribution is 5.03. The van der Waals surface area contributed by atoms with Crippen LogP contribution in [0.2, 0.25) is 0 Å². The van der Waals surface area contributed by atoms with Gasteiger partial charge in [-0.2, -0.15) is 0 Å². The van der Waals surface area contributed by atoms with Crippen LogP contribution in [0, 0.1) is 23.2 Å². The Morgan fingerprint density at radius 1 is 1.33 bits per heavy atom. The summed E-state index contributed by atoms with van der Waals surface area (Å²) in [5.74, 6) is 3.04. The van der Waals surface area contributed by atoms with Gasteiger partial charge >= 0.3 is 0 Å². The summed E-state index contributed by atoms with van der Waals surface area (Å²) in [6, 6.07) is 0. The van der Waals surface area contributed by atoms with E-state index < -0.39 is 0 Å². The molecule has 1 nitrogen and oxygen atoms in total. The molecule has 0 heterocycles. The molecule has 70 valence electrons. The van der Waals surface area contributed by atoms with Crippen LogP contribution in [0.3, 0.4) is 0 Å². The van der Waals surface area contributed by atoms with Gasteiger partial charge < -0.3 is 5.32 Å². The first-order valence-corrected chi connectivity index (χ1v) is 5.31. The predicted molar refractivity (Wildman–Crippen MR) is 52.0 cm³/mol. The highest BCUT2D eigenvalue weighted by Crippen LogP contribution is 2.61. The van der Waals surface area contributed by atoms with Crippen molar-refractivity contribution in [1.82, 2.24) is 5.32 Å². The molecule has 3 aliphatic rings. The van der Waals surface area contributed by atoms with Crippen LogP contribution in [0.15, 0.2) is 0 Å². The predicted octanol–water partition coefficient (Wildman–Crippen LogP) is 2.28. The van der Waals surface area contributed by atoms with E-state index in [1.807, 2.05) is 0 Å². The van der Waals surface area contributed by atoms with Crippen LogP contribution in [0.4, 0.5) is 0 Å². The zero-order chi connectivity index (χ0) is 8.77. The Morgan fingerprint density at radius 3 is 2.58 bits per heavy atom. The summed E-state index contributed by atoms with van der Waals surface area (Å²) in [7, 11) is 2.08. The van der Waals surface area contributed by atoms with Gasteiger partial charge in [0.05, 0.1) is 0 Å². The average molecular weight is 167 g/mol. The monoisotopic (exact) mass is 167 g/mol. The molecular weight excluding hydrogens is 146 g/mol. The lowest BCUT2D eigenvalue weighted by Gasteiger charge is -2.60. The van der Waals surface area contributed by atoms with E-state index in [4.69, 9.17) is 0 Å². The van der Waals surface area contributed by atoms with Crippen molar-refractivity contribution in [3.8, 4) is 0 Å². The Kier molecular flexibility index (Phi) is 1.95. The van der Waals surface area contributed by atoms with Crippen LogP contribution < -0.4 is 5.32 Å². The number of rotatable bonds is 2. The van der Waals surface area contributed by atoms with Crippen molar-refractivity contribution in [3.05, 3.63) is 0 Å². The zero-order valence-electron chi connectivity index (χ0n) is 8.56. The van der Waals surface area contributed by atoms with Gasteiger partial charge in [-0.25, -0.2) is 0 Å². The Morgan fingerprint density at radius 2 is 2.08 bits per heavy atom. The summed E-state index contributed by atoms with van der Waals surface area (Å²) in [4.78, 5) is 0. The maximum Gasteiger partial charge on any atom is -0.00207 e. The lowest BCUT2D eigenvalue weighted by Crippen LogP contribution is -2.54. The van der Waals surface area contributed by atoms with Crippen molar-refractivity contribution in [2.24, 2.45) is 23.2 Å². The fourth-order valence-electron chi connectivity index (χ4n) is 3.47. The molecule has 3 aliphatic carbocycles. The van der Waals surface area contributed by atoms with Gasteiger partial charge in [-0.1, -0.05) is 13.8 Å². The molecule has 0 radical (unpaired) electrons. The second kappa shape index (κ2) is 2.73. The first-order valence-electron chi connectivity index (χ1n) is 5.31. The van der Waals surface area contributed by atoms with Crippen molar-refractivity contribution in [2.45, 2.75) is 33.1 Å². The number of hydrogen-bond donors (Lipinski definition) is 1. The standard InChI is InChI=1S/C11H21N/c1-11(2)9-5-4-8(7-12-3)10(11)6-9/h8-10,12H,4-7H2,1-3H3/t8?,9?,10-/m0/s1. The molecule has 0 aliphatic heterocycles. The largest absolute Gasteiger partial charge is 0.319 e. The van der Waals surface area contributed by atoms with E-state index in [0.29, 0.717) is 5.41 Å². The van der Waals surface area contributed by atoms with E-state index in [1.165, 1.54) is 25.8 Å². The van der Waals surface area contributed by atoms with Crippen molar-refractivity contribution in [3.63, 3.8) is 0 Å². The van der Waals surface area contributed by atoms with Crippen molar-refractivity contribution < 1.29 is 0 Å². The van der Waals surface area contributed by atoms with Crippen molar-refractivity contribution in [1.29, 1.82) is 0 Å². The van der Waals surface area contributed by atoms with Crippen LogP contribution in [0.25, 0.3) is 0 Å². The third kappa shape index (κ3) is 1.02. The molecule has 0 aromatic rings. The third-order valence-corrected chi connectivity index (χ3v) is 4.47. The summed E-state index contributed by atoms with van der Waals surface area (Å²) in [5.41, 5.74) is 0.666. The number of nitrogens with one attached hydrogen (secondary N) is 1. The summed E-state index contributed by atoms with van der Waals surface area (Å²) in [5, 5.41) is 3.33. The first kappa shape index (κ1) is 8.55. The minimum Gasteiger partial charge on any atom is -0.319 e. The topological polar surface area (TPSA) is 12.0 Å². The van der Waals surface area contributed by atoms with E-state index in [9.17, 15) is 0 Å². The molecule has 2 unspecified atom stereocenters. The van der Waals surface area contributed by atoms with Gasteiger partial charge in [-0.15, -0.1) is 0 Å². The summed E-state index contributed by atoms with van der Waals surface area (Å²) < 4.78 is 0. The Labute approximate surface area is 75.9 Å². The highest BCUT2D eigenvalue weighted by atomic mass is 14.8. The van der Waals surface area contributed by atoms with Crippen LogP contribution >= 0.6 is 0 Å². The smallest absolute Gasteiger partial charge is 0.00207 e. The van der Waals surface area contributed by atoms with Crippen LogP contribution in [-0.4, -0.2) is 13.6 Å². The van der Waals surface area contributed by atoms with Gasteiger partial charge in [-0.3, -0.25) is 0 Å². The molecule has 3 atom stereocenters. The van der Waals surface area contributed by atoms with Gasteiger partial charge in [0.2, 0.25) is 0 Å². The van der Waals surface area contributed by atoms with E-state index in [1.54, 1.807) is 0 Å². The summed E-state index contributed by atoms with van der Waals surface area (Å²) >= 11 is 0. The van der Waals surface area contributed by atoms with Crippen LogP contribution in [0.5, 0.6) is 0 Å². The Hall–Kier alpha value is -0.0400. The highest BCUT2D eigenvalue weighted by Gasteiger charge is 2.53. The van der Waals surface area contributed by atoms with Crippen LogP contribution in [-0.2, 0) is 0 Å². The van der Waals surface area contributed by atoms with E-state index in [0.717, 1.165) is 17.8 Å². The molecule has 0 saturated heterocycles. The summed E-state index contributed by atoms with van der Waals surface area (Å²) in [6.45, 7) is 6.17. The van der Waals surface area contributed by atoms with Gasteiger partial charge in [0.1, 0.15) is 0 Å². The van der Waals surface area contributed by atoms with Crippen molar-refractivity contribution in [2.75, 3.05) is 13.6 Å². The number of hydrogen-bond acceptors (Lipinski definition) is 1. The van der Waals surface area contributed by atoms with E-state index in [-0.39, 0.29) is 0 Å². The zero-order valence-corrected chi connectivity index (χ0v) is 8.56. The minimum absolute atomic E-state index is 0.666. The lowest BCUT2D eigenvalue weighted by atomic mass is 9.45. The van der Waals surface area contributed by atoms with Crippen molar-refractivity contribution >= 4 is 0 Å². The molecule has 3 fully saturated rings. The Bertz CT molecular complexity index is 170. The van der Waals surface area contributed by atoms with Gasteiger partial charge in [0.15, 0.2) is 0 Å². The molecule has 0 aromatic heterocycles. The minimum atomic E-state index is 0.666. The lowest BCUT2D eigenvalue weighted by molar-refractivity contribution is -0.103.